The third-order valence-corrected chi connectivity index (χ3v) is 4.63. The van der Waals surface area contributed by atoms with Crippen LogP contribution in [0.4, 0.5) is 5.69 Å². The van der Waals surface area contributed by atoms with E-state index in [1.807, 2.05) is 30.3 Å². The molecule has 144 valence electrons. The molecule has 6 heteroatoms. The zero-order valence-electron chi connectivity index (χ0n) is 15.7. The largest absolute Gasteiger partial charge is 0.488 e. The second kappa shape index (κ2) is 9.54. The summed E-state index contributed by atoms with van der Waals surface area (Å²) in [5.41, 5.74) is 2.80. The Morgan fingerprint density at radius 3 is 2.79 bits per heavy atom. The van der Waals surface area contributed by atoms with Gasteiger partial charge in [0, 0.05) is 34.2 Å². The van der Waals surface area contributed by atoms with Gasteiger partial charge in [0.15, 0.2) is 0 Å². The van der Waals surface area contributed by atoms with Crippen molar-refractivity contribution in [1.82, 2.24) is 4.98 Å². The van der Waals surface area contributed by atoms with Gasteiger partial charge in [-0.2, -0.15) is 5.26 Å². The molecule has 0 fully saturated rings. The Hall–Kier alpha value is -3.62. The molecular formula is C23H18ClN3O2. The second-order valence-corrected chi connectivity index (χ2v) is 6.63. The van der Waals surface area contributed by atoms with Crippen LogP contribution in [0.15, 0.2) is 72.6 Å². The molecule has 0 saturated heterocycles. The van der Waals surface area contributed by atoms with Crippen LogP contribution < -0.4 is 10.1 Å². The number of carbonyl (C=O) groups excluding carboxylic acids is 1. The molecule has 0 aliphatic carbocycles. The highest BCUT2D eigenvalue weighted by Gasteiger charge is 2.13. The van der Waals surface area contributed by atoms with Crippen molar-refractivity contribution >= 4 is 29.3 Å². The van der Waals surface area contributed by atoms with E-state index in [0.29, 0.717) is 28.6 Å². The number of pyridine rings is 1. The maximum atomic E-state index is 12.6. The monoisotopic (exact) mass is 403 g/mol. The van der Waals surface area contributed by atoms with Crippen LogP contribution in [0.3, 0.4) is 0 Å². The number of hydrogen-bond acceptors (Lipinski definition) is 4. The summed E-state index contributed by atoms with van der Waals surface area (Å²) in [5.74, 6) is 0.0516. The van der Waals surface area contributed by atoms with Gasteiger partial charge >= 0.3 is 0 Å². The van der Waals surface area contributed by atoms with Crippen molar-refractivity contribution in [2.24, 2.45) is 0 Å². The van der Waals surface area contributed by atoms with E-state index in [1.54, 1.807) is 49.6 Å². The minimum absolute atomic E-state index is 0.0400. The minimum atomic E-state index is -0.514. The molecule has 0 spiro atoms. The SMILES string of the molecule is Cc1c(Cl)cccc1NC(=O)/C(C#N)=C/c1ccccc1OCc1cccnc1. The van der Waals surface area contributed by atoms with Gasteiger partial charge in [0.2, 0.25) is 0 Å². The molecule has 0 bridgehead atoms. The molecule has 1 aromatic heterocycles. The molecule has 2 aromatic carbocycles. The van der Waals surface area contributed by atoms with Gasteiger partial charge < -0.3 is 10.1 Å². The lowest BCUT2D eigenvalue weighted by atomic mass is 10.1. The maximum Gasteiger partial charge on any atom is 0.266 e. The number of carbonyl (C=O) groups is 1. The van der Waals surface area contributed by atoms with Crippen molar-refractivity contribution in [3.8, 4) is 11.8 Å². The zero-order chi connectivity index (χ0) is 20.6. The van der Waals surface area contributed by atoms with Gasteiger partial charge in [0.05, 0.1) is 0 Å². The number of nitriles is 1. The number of benzene rings is 2. The molecule has 0 aliphatic rings. The number of rotatable bonds is 6. The van der Waals surface area contributed by atoms with Crippen molar-refractivity contribution in [2.75, 3.05) is 5.32 Å². The van der Waals surface area contributed by atoms with Gasteiger partial charge in [-0.05, 0) is 42.8 Å². The van der Waals surface area contributed by atoms with E-state index in [-0.39, 0.29) is 5.57 Å². The average Bonchev–Trinajstić information content (AvgIpc) is 2.75. The Morgan fingerprint density at radius 2 is 2.03 bits per heavy atom. The Kier molecular flexibility index (Phi) is 6.62. The number of amides is 1. The second-order valence-electron chi connectivity index (χ2n) is 6.22. The smallest absolute Gasteiger partial charge is 0.266 e. The van der Waals surface area contributed by atoms with Crippen molar-refractivity contribution < 1.29 is 9.53 Å². The van der Waals surface area contributed by atoms with Crippen molar-refractivity contribution in [1.29, 1.82) is 5.26 Å². The first-order valence-corrected chi connectivity index (χ1v) is 9.25. The molecule has 3 aromatic rings. The molecule has 0 aliphatic heterocycles. The molecule has 0 saturated carbocycles. The molecule has 1 heterocycles. The predicted molar refractivity (Wildman–Crippen MR) is 113 cm³/mol. The summed E-state index contributed by atoms with van der Waals surface area (Å²) in [7, 11) is 0. The predicted octanol–water partition coefficient (Wildman–Crippen LogP) is 5.17. The third kappa shape index (κ3) is 5.22. The third-order valence-electron chi connectivity index (χ3n) is 4.22. The van der Waals surface area contributed by atoms with Gasteiger partial charge in [-0.3, -0.25) is 9.78 Å². The maximum absolute atomic E-state index is 12.6. The summed E-state index contributed by atoms with van der Waals surface area (Å²) in [4.78, 5) is 16.7. The van der Waals surface area contributed by atoms with Crippen molar-refractivity contribution in [3.05, 3.63) is 94.3 Å². The minimum Gasteiger partial charge on any atom is -0.488 e. The fourth-order valence-corrected chi connectivity index (χ4v) is 2.79. The molecule has 1 amide bonds. The van der Waals surface area contributed by atoms with E-state index in [0.717, 1.165) is 11.1 Å². The topological polar surface area (TPSA) is 75.0 Å². The number of anilines is 1. The molecule has 0 unspecified atom stereocenters. The van der Waals surface area contributed by atoms with Gasteiger partial charge in [-0.1, -0.05) is 41.9 Å². The van der Waals surface area contributed by atoms with Crippen LogP contribution in [-0.2, 0) is 11.4 Å². The Balaban J connectivity index is 1.81. The summed E-state index contributed by atoms with van der Waals surface area (Å²) in [6.07, 6.45) is 4.92. The lowest BCUT2D eigenvalue weighted by molar-refractivity contribution is -0.112. The van der Waals surface area contributed by atoms with E-state index in [2.05, 4.69) is 10.3 Å². The molecule has 3 rings (SSSR count). The van der Waals surface area contributed by atoms with Crippen LogP contribution in [-0.4, -0.2) is 10.9 Å². The molecular weight excluding hydrogens is 386 g/mol. The Bertz CT molecular complexity index is 1090. The standard InChI is InChI=1S/C23H18ClN3O2/c1-16-20(24)8-4-9-21(16)27-23(28)19(13-25)12-18-7-2-3-10-22(18)29-15-17-6-5-11-26-14-17/h2-12,14H,15H2,1H3,(H,27,28)/b19-12+. The van der Waals surface area contributed by atoms with Crippen LogP contribution in [0, 0.1) is 18.3 Å². The fraction of sp³-hybridized carbons (Fsp3) is 0.0870. The van der Waals surface area contributed by atoms with Gasteiger partial charge in [0.25, 0.3) is 5.91 Å². The van der Waals surface area contributed by atoms with Crippen molar-refractivity contribution in [3.63, 3.8) is 0 Å². The number of nitrogens with zero attached hydrogens (tertiary/aromatic N) is 2. The van der Waals surface area contributed by atoms with E-state index in [4.69, 9.17) is 16.3 Å². The van der Waals surface area contributed by atoms with Crippen LogP contribution >= 0.6 is 11.6 Å². The average molecular weight is 404 g/mol. The summed E-state index contributed by atoms with van der Waals surface area (Å²) in [6, 6.07) is 18.1. The Morgan fingerprint density at radius 1 is 1.21 bits per heavy atom. The van der Waals surface area contributed by atoms with E-state index < -0.39 is 5.91 Å². The normalized spacial score (nSPS) is 10.9. The van der Waals surface area contributed by atoms with Crippen molar-refractivity contribution in [2.45, 2.75) is 13.5 Å². The molecule has 0 atom stereocenters. The van der Waals surface area contributed by atoms with Gasteiger partial charge in [0.1, 0.15) is 24.0 Å². The van der Waals surface area contributed by atoms with Crippen LogP contribution in [0.25, 0.3) is 6.08 Å². The molecule has 0 radical (unpaired) electrons. The summed E-state index contributed by atoms with van der Waals surface area (Å²) < 4.78 is 5.86. The number of halogens is 1. The highest BCUT2D eigenvalue weighted by atomic mass is 35.5. The number of para-hydroxylation sites is 1. The van der Waals surface area contributed by atoms with Gasteiger partial charge in [-0.15, -0.1) is 0 Å². The summed E-state index contributed by atoms with van der Waals surface area (Å²) in [5, 5.41) is 12.8. The zero-order valence-corrected chi connectivity index (χ0v) is 16.5. The molecule has 1 N–H and O–H groups in total. The molecule has 5 nitrogen and oxygen atoms in total. The lowest BCUT2D eigenvalue weighted by Crippen LogP contribution is -2.14. The first-order chi connectivity index (χ1) is 14.1. The first kappa shape index (κ1) is 20.1. The number of ether oxygens (including phenoxy) is 1. The van der Waals surface area contributed by atoms with E-state index >= 15 is 0 Å². The summed E-state index contributed by atoms with van der Waals surface area (Å²) >= 11 is 6.09. The Labute approximate surface area is 174 Å². The lowest BCUT2D eigenvalue weighted by Gasteiger charge is -2.11. The van der Waals surface area contributed by atoms with Crippen LogP contribution in [0.1, 0.15) is 16.7 Å². The highest BCUT2D eigenvalue weighted by Crippen LogP contribution is 2.25. The van der Waals surface area contributed by atoms with Crippen LogP contribution in [0.5, 0.6) is 5.75 Å². The van der Waals surface area contributed by atoms with E-state index in [1.165, 1.54) is 6.08 Å². The first-order valence-electron chi connectivity index (χ1n) is 8.87. The quantitative estimate of drug-likeness (QED) is 0.455. The fourth-order valence-electron chi connectivity index (χ4n) is 2.61. The molecule has 29 heavy (non-hydrogen) atoms. The number of aromatic nitrogens is 1. The van der Waals surface area contributed by atoms with E-state index in [9.17, 15) is 10.1 Å². The van der Waals surface area contributed by atoms with Gasteiger partial charge in [-0.25, -0.2) is 0 Å². The number of hydrogen-bond donors (Lipinski definition) is 1. The summed E-state index contributed by atoms with van der Waals surface area (Å²) in [6.45, 7) is 2.13. The highest BCUT2D eigenvalue weighted by molar-refractivity contribution is 6.31. The van der Waals surface area contributed by atoms with Crippen LogP contribution in [0.2, 0.25) is 5.02 Å². The number of nitrogens with one attached hydrogen (secondary N) is 1.